The monoisotopic (exact) mass is 671 g/mol. The molecule has 9 nitrogen and oxygen atoms in total. The Balaban J connectivity index is 1.17. The smallest absolute Gasteiger partial charge is 0.306 e. The Morgan fingerprint density at radius 3 is 2.45 bits per heavy atom. The van der Waals surface area contributed by atoms with E-state index in [-0.39, 0.29) is 23.7 Å². The van der Waals surface area contributed by atoms with Crippen molar-refractivity contribution in [2.24, 2.45) is 18.9 Å². The van der Waals surface area contributed by atoms with Gasteiger partial charge in [0.05, 0.1) is 24.7 Å². The van der Waals surface area contributed by atoms with Crippen LogP contribution in [0.2, 0.25) is 0 Å². The fraction of sp³-hybridized carbons (Fsp3) is 0.641. The molecule has 1 saturated carbocycles. The molecule has 4 aliphatic rings. The third kappa shape index (κ3) is 7.85. The zero-order valence-electron chi connectivity index (χ0n) is 29.3. The zero-order valence-corrected chi connectivity index (χ0v) is 29.3. The van der Waals surface area contributed by atoms with E-state index >= 15 is 0 Å². The van der Waals surface area contributed by atoms with Gasteiger partial charge < -0.3 is 15.7 Å². The van der Waals surface area contributed by atoms with Crippen LogP contribution in [0.25, 0.3) is 0 Å². The van der Waals surface area contributed by atoms with E-state index in [4.69, 9.17) is 9.97 Å². The number of hydrogen-bond donors (Lipinski definition) is 3. The molecule has 49 heavy (non-hydrogen) atoms. The first kappa shape index (κ1) is 34.1. The predicted molar refractivity (Wildman–Crippen MR) is 189 cm³/mol. The molecule has 264 valence electrons. The average Bonchev–Trinajstić information content (AvgIpc) is 3.54. The van der Waals surface area contributed by atoms with Gasteiger partial charge in [-0.15, -0.1) is 0 Å². The third-order valence-electron chi connectivity index (χ3n) is 12.2. The van der Waals surface area contributed by atoms with E-state index in [2.05, 4.69) is 33.8 Å². The topological polar surface area (TPSA) is 108 Å². The van der Waals surface area contributed by atoms with E-state index in [1.54, 1.807) is 6.07 Å². The van der Waals surface area contributed by atoms with Crippen molar-refractivity contribution in [3.8, 4) is 0 Å². The molecule has 0 radical (unpaired) electrons. The third-order valence-corrected chi connectivity index (χ3v) is 12.2. The molecule has 4 heterocycles. The zero-order chi connectivity index (χ0) is 33.9. The lowest BCUT2D eigenvalue weighted by molar-refractivity contribution is -0.143. The van der Waals surface area contributed by atoms with Crippen LogP contribution in [-0.4, -0.2) is 60.4 Å². The number of piperidine rings is 2. The molecular formula is C39H54FN7O2. The van der Waals surface area contributed by atoms with Gasteiger partial charge in [-0.1, -0.05) is 31.9 Å². The van der Waals surface area contributed by atoms with Crippen molar-refractivity contribution < 1.29 is 14.3 Å². The minimum Gasteiger partial charge on any atom is -0.481 e. The Labute approximate surface area is 290 Å². The summed E-state index contributed by atoms with van der Waals surface area (Å²) in [4.78, 5) is 24.8. The lowest BCUT2D eigenvalue weighted by Crippen LogP contribution is -2.51. The van der Waals surface area contributed by atoms with Gasteiger partial charge in [0.25, 0.3) is 0 Å². The number of anilines is 1. The first-order chi connectivity index (χ1) is 23.8. The normalized spacial score (nSPS) is 26.9. The molecule has 10 heteroatoms. The van der Waals surface area contributed by atoms with Crippen LogP contribution < -0.4 is 10.6 Å². The Morgan fingerprint density at radius 2 is 1.80 bits per heavy atom. The summed E-state index contributed by atoms with van der Waals surface area (Å²) in [5.41, 5.74) is 4.45. The second-order valence-corrected chi connectivity index (χ2v) is 15.3. The number of halogens is 1. The van der Waals surface area contributed by atoms with Crippen molar-refractivity contribution in [1.82, 2.24) is 30.0 Å². The molecule has 0 spiro atoms. The van der Waals surface area contributed by atoms with Crippen molar-refractivity contribution in [1.29, 1.82) is 0 Å². The van der Waals surface area contributed by atoms with Crippen LogP contribution in [0.4, 0.5) is 10.2 Å². The van der Waals surface area contributed by atoms with Crippen LogP contribution in [0, 0.1) is 17.7 Å². The average molecular weight is 672 g/mol. The summed E-state index contributed by atoms with van der Waals surface area (Å²) in [6.45, 7) is 3.70. The summed E-state index contributed by atoms with van der Waals surface area (Å²) in [6, 6.07) is 8.67. The van der Waals surface area contributed by atoms with Crippen molar-refractivity contribution in [2.75, 3.05) is 11.9 Å². The molecule has 1 aromatic carbocycles. The number of fused-ring (bicyclic) bond motifs is 3. The Kier molecular flexibility index (Phi) is 10.6. The number of nitrogens with one attached hydrogen (secondary N) is 2. The highest BCUT2D eigenvalue weighted by molar-refractivity contribution is 5.70. The van der Waals surface area contributed by atoms with E-state index in [9.17, 15) is 14.3 Å². The van der Waals surface area contributed by atoms with Gasteiger partial charge in [0.15, 0.2) is 0 Å². The maximum atomic E-state index is 14.3. The standard InChI is InChI=1S/C39H54FN7O2/c1-3-34(25-13-15-26(16-14-25)39(48)49)41-22-37-43-35-18-17-28(27-7-4-8-30(40)19-27)20-33(35)38(45-37)44-36(29-21-42-46(2)23-29)24-47-31-9-5-10-32(47)12-6-11-31/h4,7-8,19,21,23,25-26,28,31-32,34,36,41H,3,5-6,9-18,20,22,24H2,1-2H3,(H,48,49)(H,43,44,45)/t25?,26?,28-,31?,32?,34-,36+/m1/s1. The Bertz CT molecular complexity index is 1570. The van der Waals surface area contributed by atoms with Gasteiger partial charge >= 0.3 is 5.97 Å². The van der Waals surface area contributed by atoms with E-state index in [0.29, 0.717) is 30.6 Å². The molecule has 2 bridgehead atoms. The number of rotatable bonds is 12. The first-order valence-electron chi connectivity index (χ1n) is 19.0. The number of carboxylic acid groups (broad SMARTS) is 1. The molecule has 2 aromatic heterocycles. The van der Waals surface area contributed by atoms with Crippen LogP contribution in [0.3, 0.4) is 0 Å². The lowest BCUT2D eigenvalue weighted by atomic mass is 9.78. The van der Waals surface area contributed by atoms with Gasteiger partial charge in [-0.3, -0.25) is 14.4 Å². The minimum absolute atomic E-state index is 0.0251. The summed E-state index contributed by atoms with van der Waals surface area (Å²) >= 11 is 0. The number of carbonyl (C=O) groups is 1. The summed E-state index contributed by atoms with van der Waals surface area (Å²) in [5.74, 6) is 1.30. The number of aromatic nitrogens is 4. The van der Waals surface area contributed by atoms with Gasteiger partial charge in [0.2, 0.25) is 0 Å². The van der Waals surface area contributed by atoms with E-state index in [1.165, 1.54) is 50.2 Å². The van der Waals surface area contributed by atoms with Gasteiger partial charge in [-0.05, 0) is 107 Å². The molecule has 3 aromatic rings. The molecular weight excluding hydrogens is 617 g/mol. The summed E-state index contributed by atoms with van der Waals surface area (Å²) < 4.78 is 16.2. The maximum absolute atomic E-state index is 14.3. The van der Waals surface area contributed by atoms with Gasteiger partial charge in [-0.2, -0.15) is 5.10 Å². The van der Waals surface area contributed by atoms with Gasteiger partial charge in [-0.25, -0.2) is 14.4 Å². The highest BCUT2D eigenvalue weighted by Gasteiger charge is 2.36. The molecule has 0 unspecified atom stereocenters. The number of benzene rings is 1. The molecule has 0 amide bonds. The predicted octanol–water partition coefficient (Wildman–Crippen LogP) is 6.94. The van der Waals surface area contributed by atoms with Crippen LogP contribution in [-0.2, 0) is 31.2 Å². The van der Waals surface area contributed by atoms with Crippen molar-refractivity contribution >= 4 is 11.8 Å². The van der Waals surface area contributed by atoms with Crippen molar-refractivity contribution in [3.63, 3.8) is 0 Å². The molecule has 3 N–H and O–H groups in total. The van der Waals surface area contributed by atoms with Crippen LogP contribution in [0.1, 0.15) is 124 Å². The summed E-state index contributed by atoms with van der Waals surface area (Å²) in [6.07, 6.45) is 18.8. The SMILES string of the molecule is CC[C@@H](NCc1nc2c(c(N[C@@H](CN3C4CCCC3CCC4)c3cnn(C)c3)n1)C[C@H](c1cccc(F)c1)CC2)C1CCC(C(=O)O)CC1. The highest BCUT2D eigenvalue weighted by Crippen LogP contribution is 2.39. The largest absolute Gasteiger partial charge is 0.481 e. The fourth-order valence-corrected chi connectivity index (χ4v) is 9.50. The fourth-order valence-electron chi connectivity index (χ4n) is 9.50. The van der Waals surface area contributed by atoms with Crippen LogP contribution in [0.5, 0.6) is 0 Å². The molecule has 7 rings (SSSR count). The second kappa shape index (κ2) is 15.3. The van der Waals surface area contributed by atoms with Crippen molar-refractivity contribution in [3.05, 3.63) is 70.7 Å². The Hall–Kier alpha value is -3.37. The number of aliphatic carboxylic acids is 1. The lowest BCUT2D eigenvalue weighted by Gasteiger charge is -2.47. The molecule has 2 saturated heterocycles. The van der Waals surface area contributed by atoms with E-state index in [0.717, 1.165) is 86.4 Å². The molecule has 3 atom stereocenters. The van der Waals surface area contributed by atoms with Crippen LogP contribution >= 0.6 is 0 Å². The highest BCUT2D eigenvalue weighted by atomic mass is 19.1. The number of carboxylic acids is 1. The minimum atomic E-state index is -0.658. The van der Waals surface area contributed by atoms with E-state index in [1.807, 2.05) is 30.1 Å². The second-order valence-electron chi connectivity index (χ2n) is 15.3. The molecule has 2 aliphatic heterocycles. The Morgan fingerprint density at radius 1 is 1.04 bits per heavy atom. The number of aryl methyl sites for hydroxylation is 2. The molecule has 3 fully saturated rings. The first-order valence-corrected chi connectivity index (χ1v) is 19.0. The summed E-state index contributed by atoms with van der Waals surface area (Å²) in [7, 11) is 1.98. The maximum Gasteiger partial charge on any atom is 0.306 e. The van der Waals surface area contributed by atoms with Crippen LogP contribution in [0.15, 0.2) is 36.7 Å². The van der Waals surface area contributed by atoms with Crippen molar-refractivity contribution in [2.45, 2.75) is 133 Å². The molecule has 2 aliphatic carbocycles. The number of hydrogen-bond acceptors (Lipinski definition) is 7. The quantitative estimate of drug-likeness (QED) is 0.190. The van der Waals surface area contributed by atoms with Gasteiger partial charge in [0, 0.05) is 54.7 Å². The van der Waals surface area contributed by atoms with E-state index < -0.39 is 5.97 Å². The number of nitrogens with zero attached hydrogens (tertiary/aromatic N) is 5. The van der Waals surface area contributed by atoms with Gasteiger partial charge in [0.1, 0.15) is 17.5 Å². The summed E-state index contributed by atoms with van der Waals surface area (Å²) in [5, 5.41) is 21.8.